The first-order chi connectivity index (χ1) is 8.45. The summed E-state index contributed by atoms with van der Waals surface area (Å²) in [6, 6.07) is 1.74. The van der Waals surface area contributed by atoms with Crippen molar-refractivity contribution in [3.8, 4) is 0 Å². The van der Waals surface area contributed by atoms with Crippen LogP contribution in [0.25, 0.3) is 0 Å². The van der Waals surface area contributed by atoms with E-state index in [0.29, 0.717) is 23.8 Å². The van der Waals surface area contributed by atoms with E-state index < -0.39 is 10.0 Å². The molecule has 1 aromatic rings. The SMILES string of the molecule is Cc1cc(S(=O)(=O)N2CCN(C)CC2)sc1CN. The fraction of sp³-hybridized carbons (Fsp3) is 0.636. The Bertz CT molecular complexity index is 516. The van der Waals surface area contributed by atoms with Crippen LogP contribution in [0, 0.1) is 6.92 Å². The van der Waals surface area contributed by atoms with Crippen molar-refractivity contribution in [3.05, 3.63) is 16.5 Å². The molecule has 0 aliphatic carbocycles. The Hall–Kier alpha value is -0.470. The van der Waals surface area contributed by atoms with Gasteiger partial charge in [-0.1, -0.05) is 0 Å². The zero-order valence-electron chi connectivity index (χ0n) is 10.7. The summed E-state index contributed by atoms with van der Waals surface area (Å²) in [5.41, 5.74) is 6.57. The van der Waals surface area contributed by atoms with Gasteiger partial charge in [0.25, 0.3) is 10.0 Å². The Morgan fingerprint density at radius 1 is 1.33 bits per heavy atom. The number of hydrogen-bond acceptors (Lipinski definition) is 5. The zero-order valence-corrected chi connectivity index (χ0v) is 12.4. The van der Waals surface area contributed by atoms with Gasteiger partial charge in [0.2, 0.25) is 0 Å². The molecule has 0 saturated carbocycles. The van der Waals surface area contributed by atoms with Crippen molar-refractivity contribution in [3.63, 3.8) is 0 Å². The topological polar surface area (TPSA) is 66.6 Å². The first kappa shape index (κ1) is 14.0. The minimum absolute atomic E-state index is 0.398. The molecule has 0 radical (unpaired) electrons. The predicted molar refractivity (Wildman–Crippen MR) is 73.2 cm³/mol. The second kappa shape index (κ2) is 5.26. The molecule has 0 bridgehead atoms. The normalized spacial score (nSPS) is 19.3. The quantitative estimate of drug-likeness (QED) is 0.877. The van der Waals surface area contributed by atoms with Crippen LogP contribution in [0.4, 0.5) is 0 Å². The lowest BCUT2D eigenvalue weighted by atomic mass is 10.3. The fourth-order valence-electron chi connectivity index (χ4n) is 1.97. The van der Waals surface area contributed by atoms with E-state index in [1.54, 1.807) is 10.4 Å². The van der Waals surface area contributed by atoms with Crippen molar-refractivity contribution in [1.29, 1.82) is 0 Å². The molecule has 2 rings (SSSR count). The van der Waals surface area contributed by atoms with E-state index in [1.807, 2.05) is 14.0 Å². The van der Waals surface area contributed by atoms with Crippen LogP contribution in [-0.4, -0.2) is 50.8 Å². The highest BCUT2D eigenvalue weighted by atomic mass is 32.2. The van der Waals surface area contributed by atoms with E-state index >= 15 is 0 Å². The highest BCUT2D eigenvalue weighted by Gasteiger charge is 2.29. The molecule has 0 aromatic carbocycles. The van der Waals surface area contributed by atoms with E-state index in [1.165, 1.54) is 11.3 Å². The lowest BCUT2D eigenvalue weighted by Gasteiger charge is -2.31. The Kier molecular flexibility index (Phi) is 4.08. The average molecular weight is 289 g/mol. The summed E-state index contributed by atoms with van der Waals surface area (Å²) in [6.45, 7) is 5.00. The molecule has 2 N–H and O–H groups in total. The molecule has 0 amide bonds. The number of nitrogens with zero attached hydrogens (tertiary/aromatic N) is 2. The van der Waals surface area contributed by atoms with Gasteiger partial charge in [0.05, 0.1) is 0 Å². The van der Waals surface area contributed by atoms with Crippen LogP contribution in [0.2, 0.25) is 0 Å². The highest BCUT2D eigenvalue weighted by Crippen LogP contribution is 2.28. The third-order valence-corrected chi connectivity index (χ3v) is 6.85. The largest absolute Gasteiger partial charge is 0.326 e. The summed E-state index contributed by atoms with van der Waals surface area (Å²) in [6.07, 6.45) is 0. The lowest BCUT2D eigenvalue weighted by molar-refractivity contribution is 0.222. The number of nitrogens with two attached hydrogens (primary N) is 1. The second-order valence-electron chi connectivity index (χ2n) is 4.58. The summed E-state index contributed by atoms with van der Waals surface area (Å²) in [5.74, 6) is 0. The van der Waals surface area contributed by atoms with Gasteiger partial charge in [0.15, 0.2) is 0 Å². The molecule has 0 unspecified atom stereocenters. The van der Waals surface area contributed by atoms with E-state index in [2.05, 4.69) is 4.90 Å². The molecule has 5 nitrogen and oxygen atoms in total. The van der Waals surface area contributed by atoms with E-state index in [4.69, 9.17) is 5.73 Å². The minimum atomic E-state index is -3.33. The van der Waals surface area contributed by atoms with Gasteiger partial charge in [-0.3, -0.25) is 0 Å². The number of aryl methyl sites for hydroxylation is 1. The number of rotatable bonds is 3. The van der Waals surface area contributed by atoms with Gasteiger partial charge in [0.1, 0.15) is 4.21 Å². The Morgan fingerprint density at radius 3 is 2.44 bits per heavy atom. The van der Waals surface area contributed by atoms with Gasteiger partial charge >= 0.3 is 0 Å². The summed E-state index contributed by atoms with van der Waals surface area (Å²) in [5, 5.41) is 0. The van der Waals surface area contributed by atoms with Crippen LogP contribution < -0.4 is 5.73 Å². The maximum atomic E-state index is 12.5. The summed E-state index contributed by atoms with van der Waals surface area (Å²) >= 11 is 1.29. The first-order valence-corrected chi connectivity index (χ1v) is 8.19. The Labute approximate surface area is 112 Å². The van der Waals surface area contributed by atoms with E-state index in [9.17, 15) is 8.42 Å². The van der Waals surface area contributed by atoms with Crippen molar-refractivity contribution < 1.29 is 8.42 Å². The van der Waals surface area contributed by atoms with Crippen molar-refractivity contribution in [2.45, 2.75) is 17.7 Å². The van der Waals surface area contributed by atoms with Gasteiger partial charge in [-0.25, -0.2) is 8.42 Å². The number of likely N-dealkylation sites (N-methyl/N-ethyl adjacent to an activating group) is 1. The minimum Gasteiger partial charge on any atom is -0.326 e. The van der Waals surface area contributed by atoms with Gasteiger partial charge in [-0.05, 0) is 25.6 Å². The van der Waals surface area contributed by atoms with Crippen LogP contribution in [0.1, 0.15) is 10.4 Å². The van der Waals surface area contributed by atoms with Gasteiger partial charge in [-0.2, -0.15) is 4.31 Å². The molecule has 0 atom stereocenters. The van der Waals surface area contributed by atoms with E-state index in [0.717, 1.165) is 23.5 Å². The van der Waals surface area contributed by atoms with Crippen molar-refractivity contribution in [1.82, 2.24) is 9.21 Å². The molecule has 1 aliphatic heterocycles. The Morgan fingerprint density at radius 2 is 1.94 bits per heavy atom. The molecule has 1 fully saturated rings. The maximum absolute atomic E-state index is 12.5. The van der Waals surface area contributed by atoms with Crippen molar-refractivity contribution >= 4 is 21.4 Å². The van der Waals surface area contributed by atoms with Gasteiger partial charge in [-0.15, -0.1) is 11.3 Å². The first-order valence-electron chi connectivity index (χ1n) is 5.93. The van der Waals surface area contributed by atoms with Crippen LogP contribution >= 0.6 is 11.3 Å². The standard InChI is InChI=1S/C11H19N3O2S2/c1-9-7-11(17-10(9)8-12)18(15,16)14-5-3-13(2)4-6-14/h7H,3-6,8,12H2,1-2H3. The predicted octanol–water partition coefficient (Wildman–Crippen LogP) is 0.451. The molecule has 1 aromatic heterocycles. The van der Waals surface area contributed by atoms with Crippen molar-refractivity contribution in [2.75, 3.05) is 33.2 Å². The van der Waals surface area contributed by atoms with Crippen molar-refractivity contribution in [2.24, 2.45) is 5.73 Å². The third-order valence-electron chi connectivity index (χ3n) is 3.24. The van der Waals surface area contributed by atoms with Crippen LogP contribution in [-0.2, 0) is 16.6 Å². The fourth-order valence-corrected chi connectivity index (χ4v) is 5.02. The molecule has 18 heavy (non-hydrogen) atoms. The number of thiophene rings is 1. The monoisotopic (exact) mass is 289 g/mol. The summed E-state index contributed by atoms with van der Waals surface area (Å²) in [7, 11) is -1.32. The number of hydrogen-bond donors (Lipinski definition) is 1. The zero-order chi connectivity index (χ0) is 13.3. The molecule has 1 saturated heterocycles. The van der Waals surface area contributed by atoms with Gasteiger partial charge in [0, 0.05) is 37.6 Å². The second-order valence-corrected chi connectivity index (χ2v) is 7.88. The molecular weight excluding hydrogens is 270 g/mol. The molecule has 2 heterocycles. The molecular formula is C11H19N3O2S2. The maximum Gasteiger partial charge on any atom is 0.252 e. The van der Waals surface area contributed by atoms with Crippen LogP contribution in [0.5, 0.6) is 0 Å². The lowest BCUT2D eigenvalue weighted by Crippen LogP contribution is -2.46. The summed E-state index contributed by atoms with van der Waals surface area (Å²) < 4.78 is 26.9. The smallest absolute Gasteiger partial charge is 0.252 e. The van der Waals surface area contributed by atoms with E-state index in [-0.39, 0.29) is 0 Å². The third kappa shape index (κ3) is 2.60. The van der Waals surface area contributed by atoms with Gasteiger partial charge < -0.3 is 10.6 Å². The summed E-state index contributed by atoms with van der Waals surface area (Å²) in [4.78, 5) is 3.08. The number of piperazine rings is 1. The molecule has 0 spiro atoms. The Balaban J connectivity index is 2.24. The number of sulfonamides is 1. The molecule has 102 valence electrons. The average Bonchev–Trinajstić information content (AvgIpc) is 2.72. The molecule has 7 heteroatoms. The highest BCUT2D eigenvalue weighted by molar-refractivity contribution is 7.91. The van der Waals surface area contributed by atoms with Crippen LogP contribution in [0.15, 0.2) is 10.3 Å². The van der Waals surface area contributed by atoms with Crippen LogP contribution in [0.3, 0.4) is 0 Å². The molecule has 1 aliphatic rings.